The van der Waals surface area contributed by atoms with E-state index in [0.717, 1.165) is 29.9 Å². The molecular weight excluding hydrogens is 455 g/mol. The maximum Gasteiger partial charge on any atom is 0.243 e. The molecule has 0 saturated heterocycles. The fraction of sp³-hybridized carbons (Fsp3) is 0.440. The topological polar surface area (TPSA) is 75.5 Å². The monoisotopic (exact) mass is 488 g/mol. The predicted molar refractivity (Wildman–Crippen MR) is 131 cm³/mol. The van der Waals surface area contributed by atoms with Gasteiger partial charge in [-0.2, -0.15) is 4.31 Å². The first-order valence-electron chi connectivity index (χ1n) is 11.7. The minimum Gasteiger partial charge on any atom is -0.341 e. The van der Waals surface area contributed by atoms with E-state index in [1.54, 1.807) is 42.3 Å². The number of nitrogens with zero attached hydrogens (tertiary/aromatic N) is 4. The first kappa shape index (κ1) is 25.8. The van der Waals surface area contributed by atoms with E-state index in [1.807, 2.05) is 13.8 Å². The van der Waals surface area contributed by atoms with Crippen molar-refractivity contribution in [3.8, 4) is 0 Å². The summed E-state index contributed by atoms with van der Waals surface area (Å²) in [6.07, 6.45) is 1.56. The van der Waals surface area contributed by atoms with Crippen molar-refractivity contribution in [3.63, 3.8) is 0 Å². The van der Waals surface area contributed by atoms with Gasteiger partial charge in [-0.15, -0.1) is 0 Å². The lowest BCUT2D eigenvalue weighted by Gasteiger charge is -2.18. The van der Waals surface area contributed by atoms with Gasteiger partial charge in [0.2, 0.25) is 15.9 Å². The number of halogens is 1. The fourth-order valence-corrected chi connectivity index (χ4v) is 5.58. The Labute approximate surface area is 201 Å². The van der Waals surface area contributed by atoms with Crippen LogP contribution in [0.3, 0.4) is 0 Å². The Balaban J connectivity index is 1.81. The number of aromatic nitrogens is 2. The summed E-state index contributed by atoms with van der Waals surface area (Å²) in [7, 11) is -1.88. The van der Waals surface area contributed by atoms with Gasteiger partial charge in [0.05, 0.1) is 15.9 Å². The number of fused-ring (bicyclic) bond motifs is 1. The van der Waals surface area contributed by atoms with E-state index in [1.165, 1.54) is 16.4 Å². The van der Waals surface area contributed by atoms with E-state index in [0.29, 0.717) is 31.6 Å². The van der Waals surface area contributed by atoms with Gasteiger partial charge in [-0.1, -0.05) is 32.9 Å². The molecule has 0 atom stereocenters. The van der Waals surface area contributed by atoms with Crippen LogP contribution in [-0.4, -0.2) is 53.2 Å². The van der Waals surface area contributed by atoms with Crippen molar-refractivity contribution in [2.75, 3.05) is 20.1 Å². The van der Waals surface area contributed by atoms with E-state index in [4.69, 9.17) is 4.98 Å². The average Bonchev–Trinajstić information content (AvgIpc) is 3.15. The zero-order chi connectivity index (χ0) is 24.9. The third-order valence-electron chi connectivity index (χ3n) is 5.89. The molecule has 0 saturated carbocycles. The molecule has 184 valence electrons. The van der Waals surface area contributed by atoms with Crippen molar-refractivity contribution in [2.45, 2.75) is 58.0 Å². The molecule has 0 aliphatic carbocycles. The number of carbonyl (C=O) groups is 1. The van der Waals surface area contributed by atoms with Crippen LogP contribution in [-0.2, 0) is 34.3 Å². The molecule has 2 aromatic carbocycles. The molecule has 0 unspecified atom stereocenters. The van der Waals surface area contributed by atoms with Crippen molar-refractivity contribution in [1.82, 2.24) is 18.8 Å². The number of sulfonamides is 1. The first-order chi connectivity index (χ1) is 16.2. The van der Waals surface area contributed by atoms with Gasteiger partial charge >= 0.3 is 0 Å². The van der Waals surface area contributed by atoms with Gasteiger partial charge in [-0.05, 0) is 42.3 Å². The van der Waals surface area contributed by atoms with E-state index in [9.17, 15) is 17.6 Å². The van der Waals surface area contributed by atoms with Crippen molar-refractivity contribution >= 4 is 27.0 Å². The zero-order valence-electron chi connectivity index (χ0n) is 20.3. The summed E-state index contributed by atoms with van der Waals surface area (Å²) in [6.45, 7) is 7.55. The number of hydrogen-bond acceptors (Lipinski definition) is 4. The Bertz CT molecular complexity index is 1250. The van der Waals surface area contributed by atoms with Gasteiger partial charge in [0, 0.05) is 46.1 Å². The van der Waals surface area contributed by atoms with Crippen molar-refractivity contribution < 1.29 is 17.6 Å². The minimum absolute atomic E-state index is 0.0656. The first-order valence-corrected chi connectivity index (χ1v) is 13.1. The number of hydrogen-bond donors (Lipinski definition) is 0. The number of aryl methyl sites for hydroxylation is 2. The Morgan fingerprint density at radius 2 is 1.82 bits per heavy atom. The van der Waals surface area contributed by atoms with Crippen molar-refractivity contribution in [3.05, 3.63) is 59.7 Å². The van der Waals surface area contributed by atoms with Gasteiger partial charge in [0.15, 0.2) is 0 Å². The smallest absolute Gasteiger partial charge is 0.243 e. The molecule has 1 amide bonds. The maximum atomic E-state index is 13.4. The molecule has 0 bridgehead atoms. The number of imidazole rings is 1. The summed E-state index contributed by atoms with van der Waals surface area (Å²) in [4.78, 5) is 19.2. The standard InChI is InChI=1S/C25H33FN4O3S/c1-5-15-30-23-12-11-21(34(32,33)29(6-2)7-3)17-22(23)27-24(30)13-14-25(31)28(4)18-19-9-8-10-20(26)16-19/h8-12,16-17H,5-7,13-15,18H2,1-4H3. The van der Waals surface area contributed by atoms with Crippen LogP contribution in [0.25, 0.3) is 11.0 Å². The van der Waals surface area contributed by atoms with Crippen LogP contribution in [0.2, 0.25) is 0 Å². The highest BCUT2D eigenvalue weighted by Crippen LogP contribution is 2.24. The second-order valence-corrected chi connectivity index (χ2v) is 10.2. The van der Waals surface area contributed by atoms with Crippen molar-refractivity contribution in [2.24, 2.45) is 0 Å². The van der Waals surface area contributed by atoms with E-state index >= 15 is 0 Å². The number of benzene rings is 2. The van der Waals surface area contributed by atoms with Gasteiger partial charge in [-0.3, -0.25) is 4.79 Å². The molecular formula is C25H33FN4O3S. The summed E-state index contributed by atoms with van der Waals surface area (Å²) in [5.41, 5.74) is 2.20. The fourth-order valence-electron chi connectivity index (χ4n) is 4.10. The van der Waals surface area contributed by atoms with Gasteiger partial charge in [0.1, 0.15) is 11.6 Å². The molecule has 0 N–H and O–H groups in total. The van der Waals surface area contributed by atoms with Crippen molar-refractivity contribution in [1.29, 1.82) is 0 Å². The Morgan fingerprint density at radius 3 is 2.47 bits per heavy atom. The number of rotatable bonds is 11. The van der Waals surface area contributed by atoms with Crippen LogP contribution in [0.1, 0.15) is 45.0 Å². The highest BCUT2D eigenvalue weighted by molar-refractivity contribution is 7.89. The number of amides is 1. The van der Waals surface area contributed by atoms with Gasteiger partial charge < -0.3 is 9.47 Å². The van der Waals surface area contributed by atoms with Gasteiger partial charge in [0.25, 0.3) is 0 Å². The summed E-state index contributed by atoms with van der Waals surface area (Å²) in [5.74, 6) is 0.361. The molecule has 0 radical (unpaired) electrons. The minimum atomic E-state index is -3.58. The molecule has 0 aliphatic heterocycles. The molecule has 7 nitrogen and oxygen atoms in total. The quantitative estimate of drug-likeness (QED) is 0.405. The Morgan fingerprint density at radius 1 is 1.09 bits per heavy atom. The second kappa shape index (κ2) is 11.1. The summed E-state index contributed by atoms with van der Waals surface area (Å²) >= 11 is 0. The zero-order valence-corrected chi connectivity index (χ0v) is 21.1. The Hall–Kier alpha value is -2.78. The molecule has 1 heterocycles. The van der Waals surface area contributed by atoms with Crippen LogP contribution in [0.4, 0.5) is 4.39 Å². The summed E-state index contributed by atoms with van der Waals surface area (Å²) in [5, 5.41) is 0. The van der Waals surface area contributed by atoms with Gasteiger partial charge in [-0.25, -0.2) is 17.8 Å². The highest BCUT2D eigenvalue weighted by Gasteiger charge is 2.23. The predicted octanol–water partition coefficient (Wildman–Crippen LogP) is 4.21. The molecule has 0 fully saturated rings. The third kappa shape index (κ3) is 5.64. The van der Waals surface area contributed by atoms with E-state index < -0.39 is 10.0 Å². The SMILES string of the molecule is CCCn1c(CCC(=O)N(C)Cc2cccc(F)c2)nc2cc(S(=O)(=O)N(CC)CC)ccc21. The second-order valence-electron chi connectivity index (χ2n) is 8.30. The van der Waals surface area contributed by atoms with E-state index in [-0.39, 0.29) is 23.0 Å². The highest BCUT2D eigenvalue weighted by atomic mass is 32.2. The lowest BCUT2D eigenvalue weighted by molar-refractivity contribution is -0.130. The molecule has 0 aliphatic rings. The molecule has 1 aromatic heterocycles. The molecule has 34 heavy (non-hydrogen) atoms. The lowest BCUT2D eigenvalue weighted by atomic mass is 10.2. The van der Waals surface area contributed by atoms with Crippen LogP contribution < -0.4 is 0 Å². The molecule has 9 heteroatoms. The summed E-state index contributed by atoms with van der Waals surface area (Å²) in [6, 6.07) is 11.3. The van der Waals surface area contributed by atoms with Crippen LogP contribution in [0.15, 0.2) is 47.4 Å². The average molecular weight is 489 g/mol. The van der Waals surface area contributed by atoms with Crippen LogP contribution in [0.5, 0.6) is 0 Å². The Kier molecular flexibility index (Phi) is 8.43. The van der Waals surface area contributed by atoms with Crippen LogP contribution >= 0.6 is 0 Å². The molecule has 3 aromatic rings. The summed E-state index contributed by atoms with van der Waals surface area (Å²) < 4.78 is 42.8. The largest absolute Gasteiger partial charge is 0.341 e. The lowest BCUT2D eigenvalue weighted by Crippen LogP contribution is -2.30. The normalized spacial score (nSPS) is 11.9. The number of carbonyl (C=O) groups excluding carboxylic acids is 1. The molecule has 0 spiro atoms. The van der Waals surface area contributed by atoms with Crippen LogP contribution in [0, 0.1) is 5.82 Å². The van der Waals surface area contributed by atoms with E-state index in [2.05, 4.69) is 11.5 Å². The third-order valence-corrected chi connectivity index (χ3v) is 7.93. The molecule has 3 rings (SSSR count). The maximum absolute atomic E-state index is 13.4.